The Morgan fingerprint density at radius 1 is 1.17 bits per heavy atom. The van der Waals surface area contributed by atoms with E-state index in [1.165, 1.54) is 7.11 Å². The molecule has 6 heteroatoms. The highest BCUT2D eigenvalue weighted by atomic mass is 16.5. The van der Waals surface area contributed by atoms with Gasteiger partial charge in [0.25, 0.3) is 5.91 Å². The predicted octanol–water partition coefficient (Wildman–Crippen LogP) is 2.36. The SMILES string of the molecule is COC(=O)c1ccccc1OCC(=O)Nc1cccc(C#N)c1. The maximum atomic E-state index is 11.9. The molecule has 2 rings (SSSR count). The molecule has 0 aromatic heterocycles. The summed E-state index contributed by atoms with van der Waals surface area (Å²) in [4.78, 5) is 23.5. The number of methoxy groups -OCH3 is 1. The summed E-state index contributed by atoms with van der Waals surface area (Å²) in [6.07, 6.45) is 0. The Labute approximate surface area is 133 Å². The van der Waals surface area contributed by atoms with Crippen LogP contribution in [0.3, 0.4) is 0 Å². The molecule has 0 aliphatic rings. The van der Waals surface area contributed by atoms with Crippen LogP contribution < -0.4 is 10.1 Å². The number of benzene rings is 2. The second-order valence-electron chi connectivity index (χ2n) is 4.52. The van der Waals surface area contributed by atoms with E-state index >= 15 is 0 Å². The number of carbonyl (C=O) groups is 2. The number of nitriles is 1. The first-order valence-electron chi connectivity index (χ1n) is 6.74. The fraction of sp³-hybridized carbons (Fsp3) is 0.118. The van der Waals surface area contributed by atoms with Crippen LogP contribution in [-0.2, 0) is 9.53 Å². The molecule has 0 aliphatic heterocycles. The Morgan fingerprint density at radius 2 is 1.96 bits per heavy atom. The maximum Gasteiger partial charge on any atom is 0.341 e. The zero-order valence-electron chi connectivity index (χ0n) is 12.4. The van der Waals surface area contributed by atoms with E-state index in [9.17, 15) is 9.59 Å². The fourth-order valence-corrected chi connectivity index (χ4v) is 1.88. The van der Waals surface area contributed by atoms with E-state index in [2.05, 4.69) is 10.1 Å². The number of hydrogen-bond acceptors (Lipinski definition) is 5. The van der Waals surface area contributed by atoms with Crippen molar-refractivity contribution in [3.05, 3.63) is 59.7 Å². The van der Waals surface area contributed by atoms with Gasteiger partial charge in [-0.2, -0.15) is 5.26 Å². The van der Waals surface area contributed by atoms with Gasteiger partial charge in [0.2, 0.25) is 0 Å². The molecule has 116 valence electrons. The third kappa shape index (κ3) is 4.32. The van der Waals surface area contributed by atoms with Gasteiger partial charge in [-0.05, 0) is 30.3 Å². The van der Waals surface area contributed by atoms with Gasteiger partial charge in [-0.3, -0.25) is 4.79 Å². The molecule has 0 saturated carbocycles. The van der Waals surface area contributed by atoms with Crippen molar-refractivity contribution in [1.29, 1.82) is 5.26 Å². The van der Waals surface area contributed by atoms with Crippen molar-refractivity contribution in [2.45, 2.75) is 0 Å². The molecule has 1 amide bonds. The van der Waals surface area contributed by atoms with E-state index in [-0.39, 0.29) is 17.9 Å². The first-order valence-corrected chi connectivity index (χ1v) is 6.74. The summed E-state index contributed by atoms with van der Waals surface area (Å²) in [5.74, 6) is -0.678. The van der Waals surface area contributed by atoms with Crippen LogP contribution in [-0.4, -0.2) is 25.6 Å². The van der Waals surface area contributed by atoms with Gasteiger partial charge in [-0.15, -0.1) is 0 Å². The lowest BCUT2D eigenvalue weighted by molar-refractivity contribution is -0.118. The molecular weight excluding hydrogens is 296 g/mol. The Balaban J connectivity index is 2.00. The number of anilines is 1. The quantitative estimate of drug-likeness (QED) is 0.856. The van der Waals surface area contributed by atoms with Gasteiger partial charge in [0.15, 0.2) is 6.61 Å². The second kappa shape index (κ2) is 7.61. The molecule has 2 aromatic rings. The van der Waals surface area contributed by atoms with Crippen LogP contribution >= 0.6 is 0 Å². The first kappa shape index (κ1) is 16.0. The molecule has 0 unspecified atom stereocenters. The molecule has 6 nitrogen and oxygen atoms in total. The zero-order chi connectivity index (χ0) is 16.7. The lowest BCUT2D eigenvalue weighted by atomic mass is 10.2. The third-order valence-electron chi connectivity index (χ3n) is 2.93. The molecule has 0 bridgehead atoms. The average Bonchev–Trinajstić information content (AvgIpc) is 2.59. The van der Waals surface area contributed by atoms with Gasteiger partial charge in [0.05, 0.1) is 18.7 Å². The molecule has 23 heavy (non-hydrogen) atoms. The highest BCUT2D eigenvalue weighted by molar-refractivity contribution is 5.94. The number of ether oxygens (including phenoxy) is 2. The standard InChI is InChI=1S/C17H14N2O4/c1-22-17(21)14-7-2-3-8-15(14)23-11-16(20)19-13-6-4-5-12(9-13)10-18/h2-9H,11H2,1H3,(H,19,20). The summed E-state index contributed by atoms with van der Waals surface area (Å²) in [6.45, 7) is -0.273. The Morgan fingerprint density at radius 3 is 2.70 bits per heavy atom. The van der Waals surface area contributed by atoms with E-state index < -0.39 is 11.9 Å². The van der Waals surface area contributed by atoms with Crippen LogP contribution in [0.15, 0.2) is 48.5 Å². The predicted molar refractivity (Wildman–Crippen MR) is 83.1 cm³/mol. The molecule has 0 aliphatic carbocycles. The Hall–Kier alpha value is -3.33. The number of nitrogens with zero attached hydrogens (tertiary/aromatic N) is 1. The van der Waals surface area contributed by atoms with Gasteiger partial charge in [0, 0.05) is 5.69 Å². The van der Waals surface area contributed by atoms with Gasteiger partial charge in [0.1, 0.15) is 11.3 Å². The lowest BCUT2D eigenvalue weighted by Gasteiger charge is -2.10. The highest BCUT2D eigenvalue weighted by Gasteiger charge is 2.13. The Bertz CT molecular complexity index is 765. The third-order valence-corrected chi connectivity index (χ3v) is 2.93. The molecule has 2 aromatic carbocycles. The van der Waals surface area contributed by atoms with E-state index in [1.807, 2.05) is 6.07 Å². The second-order valence-corrected chi connectivity index (χ2v) is 4.52. The maximum absolute atomic E-state index is 11.9. The molecule has 0 saturated heterocycles. The van der Waals surface area contributed by atoms with Crippen molar-refractivity contribution >= 4 is 17.6 Å². The lowest BCUT2D eigenvalue weighted by Crippen LogP contribution is -2.21. The molecular formula is C17H14N2O4. The number of carbonyl (C=O) groups excluding carboxylic acids is 2. The summed E-state index contributed by atoms with van der Waals surface area (Å²) >= 11 is 0. The number of nitrogens with one attached hydrogen (secondary N) is 1. The minimum absolute atomic E-state index is 0.245. The van der Waals surface area contributed by atoms with Crippen LogP contribution in [0.2, 0.25) is 0 Å². The van der Waals surface area contributed by atoms with Crippen molar-refractivity contribution in [2.24, 2.45) is 0 Å². The van der Waals surface area contributed by atoms with Gasteiger partial charge in [-0.1, -0.05) is 18.2 Å². The van der Waals surface area contributed by atoms with E-state index in [1.54, 1.807) is 48.5 Å². The summed E-state index contributed by atoms with van der Waals surface area (Å²) < 4.78 is 10.0. The van der Waals surface area contributed by atoms with Crippen molar-refractivity contribution in [2.75, 3.05) is 19.0 Å². The van der Waals surface area contributed by atoms with Crippen molar-refractivity contribution in [3.63, 3.8) is 0 Å². The number of rotatable bonds is 5. The molecule has 0 spiro atoms. The summed E-state index contributed by atoms with van der Waals surface area (Å²) in [5, 5.41) is 11.4. The van der Waals surface area contributed by atoms with Crippen LogP contribution in [0.5, 0.6) is 5.75 Å². The van der Waals surface area contributed by atoms with Crippen LogP contribution in [0, 0.1) is 11.3 Å². The van der Waals surface area contributed by atoms with Crippen LogP contribution in [0.1, 0.15) is 15.9 Å². The molecule has 0 heterocycles. The van der Waals surface area contributed by atoms with Crippen LogP contribution in [0.25, 0.3) is 0 Å². The van der Waals surface area contributed by atoms with E-state index in [4.69, 9.17) is 10.00 Å². The number of hydrogen-bond donors (Lipinski definition) is 1. The van der Waals surface area contributed by atoms with Crippen molar-refractivity contribution in [3.8, 4) is 11.8 Å². The number of para-hydroxylation sites is 1. The van der Waals surface area contributed by atoms with Gasteiger partial charge in [-0.25, -0.2) is 4.79 Å². The summed E-state index contributed by atoms with van der Waals surface area (Å²) in [7, 11) is 1.27. The minimum Gasteiger partial charge on any atom is -0.483 e. The normalized spacial score (nSPS) is 9.57. The summed E-state index contributed by atoms with van der Waals surface area (Å²) in [6, 6.07) is 15.0. The van der Waals surface area contributed by atoms with Crippen molar-refractivity contribution in [1.82, 2.24) is 0 Å². The summed E-state index contributed by atoms with van der Waals surface area (Å²) in [5.41, 5.74) is 1.19. The number of esters is 1. The first-order chi connectivity index (χ1) is 11.1. The molecule has 0 radical (unpaired) electrons. The van der Waals surface area contributed by atoms with Gasteiger partial charge >= 0.3 is 5.97 Å². The zero-order valence-corrected chi connectivity index (χ0v) is 12.4. The van der Waals surface area contributed by atoms with E-state index in [0.717, 1.165) is 0 Å². The Kier molecular flexibility index (Phi) is 5.31. The van der Waals surface area contributed by atoms with Gasteiger partial charge < -0.3 is 14.8 Å². The fourth-order valence-electron chi connectivity index (χ4n) is 1.88. The molecule has 0 atom stereocenters. The minimum atomic E-state index is -0.539. The monoisotopic (exact) mass is 310 g/mol. The van der Waals surface area contributed by atoms with E-state index in [0.29, 0.717) is 11.3 Å². The number of amides is 1. The smallest absolute Gasteiger partial charge is 0.341 e. The topological polar surface area (TPSA) is 88.4 Å². The molecule has 0 fully saturated rings. The largest absolute Gasteiger partial charge is 0.483 e. The van der Waals surface area contributed by atoms with Crippen LogP contribution in [0.4, 0.5) is 5.69 Å². The van der Waals surface area contributed by atoms with Crippen molar-refractivity contribution < 1.29 is 19.1 Å². The highest BCUT2D eigenvalue weighted by Crippen LogP contribution is 2.19. The molecule has 1 N–H and O–H groups in total. The average molecular weight is 310 g/mol.